The average molecular weight is 442 g/mol. The summed E-state index contributed by atoms with van der Waals surface area (Å²) in [5.41, 5.74) is 5.66. The second-order valence-electron chi connectivity index (χ2n) is 7.99. The number of nitrogens with one attached hydrogen (secondary N) is 2. The minimum absolute atomic E-state index is 0.762. The molecule has 1 saturated heterocycles. The maximum Gasteiger partial charge on any atom is 0.128 e. The second-order valence-corrected chi connectivity index (χ2v) is 9.03. The number of hydrogen-bond acceptors (Lipinski definition) is 6. The van der Waals surface area contributed by atoms with E-state index in [2.05, 4.69) is 63.5 Å². The van der Waals surface area contributed by atoms with Gasteiger partial charge in [-0.25, -0.2) is 9.97 Å². The molecule has 1 aliphatic rings. The van der Waals surface area contributed by atoms with Crippen LogP contribution in [0.15, 0.2) is 61.1 Å². The summed E-state index contributed by atoms with van der Waals surface area (Å²) < 4.78 is 5.44. The Labute approximate surface area is 189 Å². The number of rotatable bonds is 4. The molecule has 0 saturated carbocycles. The lowest BCUT2D eigenvalue weighted by Gasteiger charge is -2.27. The molecule has 1 aromatic carbocycles. The SMILES string of the molecule is Cc1c(Nc2ccnc3sc(-c4ccc(N5CCOCC5)nc4)cc23)ccc2[nH]ccc12. The first-order valence-corrected chi connectivity index (χ1v) is 11.6. The van der Waals surface area contributed by atoms with Crippen LogP contribution in [0.3, 0.4) is 0 Å². The van der Waals surface area contributed by atoms with Crippen molar-refractivity contribution >= 4 is 49.6 Å². The van der Waals surface area contributed by atoms with Gasteiger partial charge in [-0.1, -0.05) is 0 Å². The van der Waals surface area contributed by atoms with Crippen LogP contribution in [0, 0.1) is 6.92 Å². The number of morpholine rings is 1. The highest BCUT2D eigenvalue weighted by atomic mass is 32.1. The molecule has 7 heteroatoms. The van der Waals surface area contributed by atoms with Gasteiger partial charge in [-0.15, -0.1) is 11.3 Å². The number of pyridine rings is 2. The van der Waals surface area contributed by atoms with Crippen molar-refractivity contribution < 1.29 is 4.74 Å². The number of anilines is 3. The molecule has 0 unspecified atom stereocenters. The lowest BCUT2D eigenvalue weighted by molar-refractivity contribution is 0.122. The molecule has 5 heterocycles. The Morgan fingerprint density at radius 1 is 1.00 bits per heavy atom. The van der Waals surface area contributed by atoms with Gasteiger partial charge in [0.15, 0.2) is 0 Å². The van der Waals surface area contributed by atoms with Crippen molar-refractivity contribution in [2.24, 2.45) is 0 Å². The van der Waals surface area contributed by atoms with Gasteiger partial charge < -0.3 is 19.9 Å². The average Bonchev–Trinajstić information content (AvgIpc) is 3.50. The zero-order valence-electron chi connectivity index (χ0n) is 17.8. The highest BCUT2D eigenvalue weighted by molar-refractivity contribution is 7.21. The number of fused-ring (bicyclic) bond motifs is 2. The molecule has 1 fully saturated rings. The summed E-state index contributed by atoms with van der Waals surface area (Å²) in [4.78, 5) is 17.1. The van der Waals surface area contributed by atoms with Crippen LogP contribution in [-0.4, -0.2) is 41.3 Å². The summed E-state index contributed by atoms with van der Waals surface area (Å²) in [7, 11) is 0. The van der Waals surface area contributed by atoms with E-state index in [-0.39, 0.29) is 0 Å². The molecule has 32 heavy (non-hydrogen) atoms. The number of ether oxygens (including phenoxy) is 1. The molecule has 0 radical (unpaired) electrons. The van der Waals surface area contributed by atoms with Gasteiger partial charge in [0.1, 0.15) is 10.6 Å². The van der Waals surface area contributed by atoms with Crippen LogP contribution in [-0.2, 0) is 4.74 Å². The van der Waals surface area contributed by atoms with Gasteiger partial charge in [0, 0.05) is 64.1 Å². The van der Waals surface area contributed by atoms with Crippen LogP contribution in [0.25, 0.3) is 31.6 Å². The molecule has 0 atom stereocenters. The Bertz CT molecular complexity index is 1400. The van der Waals surface area contributed by atoms with Crippen molar-refractivity contribution in [2.45, 2.75) is 6.92 Å². The van der Waals surface area contributed by atoms with Crippen molar-refractivity contribution in [1.29, 1.82) is 0 Å². The summed E-state index contributed by atoms with van der Waals surface area (Å²) in [6.45, 7) is 5.46. The van der Waals surface area contributed by atoms with Crippen molar-refractivity contribution in [2.75, 3.05) is 36.5 Å². The van der Waals surface area contributed by atoms with E-state index in [0.29, 0.717) is 0 Å². The Morgan fingerprint density at radius 2 is 1.91 bits per heavy atom. The van der Waals surface area contributed by atoms with E-state index in [1.165, 1.54) is 15.8 Å². The van der Waals surface area contributed by atoms with E-state index in [9.17, 15) is 0 Å². The Hall–Kier alpha value is -3.42. The molecule has 0 spiro atoms. The van der Waals surface area contributed by atoms with Crippen molar-refractivity contribution in [3.8, 4) is 10.4 Å². The lowest BCUT2D eigenvalue weighted by Crippen LogP contribution is -2.36. The summed E-state index contributed by atoms with van der Waals surface area (Å²) in [5, 5.41) is 5.99. The maximum absolute atomic E-state index is 5.44. The van der Waals surface area contributed by atoms with Gasteiger partial charge in [-0.05, 0) is 55.0 Å². The molecule has 0 bridgehead atoms. The fourth-order valence-electron chi connectivity index (χ4n) is 4.27. The van der Waals surface area contributed by atoms with Crippen molar-refractivity contribution in [3.05, 3.63) is 66.6 Å². The minimum atomic E-state index is 0.762. The van der Waals surface area contributed by atoms with Gasteiger partial charge in [0.25, 0.3) is 0 Å². The van der Waals surface area contributed by atoms with Crippen LogP contribution in [0.2, 0.25) is 0 Å². The fourth-order valence-corrected chi connectivity index (χ4v) is 5.28. The highest BCUT2D eigenvalue weighted by Gasteiger charge is 2.14. The third kappa shape index (κ3) is 3.39. The third-order valence-corrected chi connectivity index (χ3v) is 7.17. The number of aryl methyl sites for hydroxylation is 1. The minimum Gasteiger partial charge on any atom is -0.378 e. The topological polar surface area (TPSA) is 66.1 Å². The van der Waals surface area contributed by atoms with Crippen LogP contribution < -0.4 is 10.2 Å². The molecular weight excluding hydrogens is 418 g/mol. The van der Waals surface area contributed by atoms with Gasteiger partial charge in [0.05, 0.1) is 18.9 Å². The zero-order chi connectivity index (χ0) is 21.5. The molecule has 5 aromatic rings. The Balaban J connectivity index is 1.32. The third-order valence-electron chi connectivity index (χ3n) is 6.08. The van der Waals surface area contributed by atoms with Crippen molar-refractivity contribution in [3.63, 3.8) is 0 Å². The predicted octanol–water partition coefficient (Wildman–Crippen LogP) is 5.73. The molecule has 160 valence electrons. The molecule has 6 nitrogen and oxygen atoms in total. The van der Waals surface area contributed by atoms with E-state index < -0.39 is 0 Å². The molecule has 2 N–H and O–H groups in total. The van der Waals surface area contributed by atoms with Gasteiger partial charge >= 0.3 is 0 Å². The maximum atomic E-state index is 5.44. The van der Waals surface area contributed by atoms with E-state index in [1.54, 1.807) is 11.3 Å². The summed E-state index contributed by atoms with van der Waals surface area (Å²) >= 11 is 1.69. The molecule has 0 amide bonds. The number of nitrogens with zero attached hydrogens (tertiary/aromatic N) is 3. The van der Waals surface area contributed by atoms with Crippen molar-refractivity contribution in [1.82, 2.24) is 15.0 Å². The molecule has 4 aromatic heterocycles. The summed E-state index contributed by atoms with van der Waals surface area (Å²) in [6.07, 6.45) is 5.82. The first kappa shape index (κ1) is 19.3. The molecule has 0 aliphatic carbocycles. The van der Waals surface area contributed by atoms with E-state index >= 15 is 0 Å². The quantitative estimate of drug-likeness (QED) is 0.373. The van der Waals surface area contributed by atoms with Gasteiger partial charge in [-0.2, -0.15) is 0 Å². The van der Waals surface area contributed by atoms with Crippen LogP contribution in [0.5, 0.6) is 0 Å². The zero-order valence-corrected chi connectivity index (χ0v) is 18.6. The summed E-state index contributed by atoms with van der Waals surface area (Å²) in [6, 6.07) is 14.9. The molecular formula is C25H23N5OS. The van der Waals surface area contributed by atoms with Crippen LogP contribution in [0.4, 0.5) is 17.2 Å². The standard InChI is InChI=1S/C25H23N5OS/c1-16-18-6-8-26-21(18)4-3-20(16)29-22-7-9-27-25-19(22)14-23(32-25)17-2-5-24(28-15-17)30-10-12-31-13-11-30/h2-9,14-15,26H,10-13H2,1H3,(H,27,29). The smallest absolute Gasteiger partial charge is 0.128 e. The Morgan fingerprint density at radius 3 is 2.75 bits per heavy atom. The monoisotopic (exact) mass is 441 g/mol. The number of benzene rings is 1. The van der Waals surface area contributed by atoms with E-state index in [1.807, 2.05) is 24.7 Å². The number of aromatic amines is 1. The normalized spacial score (nSPS) is 14.3. The lowest BCUT2D eigenvalue weighted by atomic mass is 10.1. The second kappa shape index (κ2) is 7.93. The van der Waals surface area contributed by atoms with Crippen LogP contribution in [0.1, 0.15) is 5.56 Å². The first-order chi connectivity index (χ1) is 15.8. The van der Waals surface area contributed by atoms with Gasteiger partial charge in [-0.3, -0.25) is 0 Å². The van der Waals surface area contributed by atoms with Crippen LogP contribution >= 0.6 is 11.3 Å². The van der Waals surface area contributed by atoms with Gasteiger partial charge in [0.2, 0.25) is 0 Å². The number of hydrogen-bond donors (Lipinski definition) is 2. The number of H-pyrrole nitrogens is 1. The predicted molar refractivity (Wildman–Crippen MR) is 132 cm³/mol. The number of aromatic nitrogens is 3. The summed E-state index contributed by atoms with van der Waals surface area (Å²) in [5.74, 6) is 1.01. The first-order valence-electron chi connectivity index (χ1n) is 10.8. The highest BCUT2D eigenvalue weighted by Crippen LogP contribution is 2.37. The molecule has 1 aliphatic heterocycles. The number of thiophene rings is 1. The Kier molecular flexibility index (Phi) is 4.78. The van der Waals surface area contributed by atoms with E-state index in [4.69, 9.17) is 9.72 Å². The largest absolute Gasteiger partial charge is 0.378 e. The fraction of sp³-hybridized carbons (Fsp3) is 0.200. The molecule has 6 rings (SSSR count). The van der Waals surface area contributed by atoms with E-state index in [0.717, 1.165) is 64.8 Å².